The van der Waals surface area contributed by atoms with Gasteiger partial charge in [0.15, 0.2) is 0 Å². The summed E-state index contributed by atoms with van der Waals surface area (Å²) >= 11 is 0. The molecular weight excluding hydrogens is 222 g/mol. The summed E-state index contributed by atoms with van der Waals surface area (Å²) in [4.78, 5) is 4.99. The molecule has 1 saturated heterocycles. The molecule has 0 spiro atoms. The van der Waals surface area contributed by atoms with Crippen LogP contribution in [0.2, 0.25) is 0 Å². The van der Waals surface area contributed by atoms with E-state index in [0.29, 0.717) is 6.04 Å². The first-order valence-electron chi connectivity index (χ1n) is 6.89. The zero-order chi connectivity index (χ0) is 13.0. The molecule has 0 bridgehead atoms. The maximum atomic E-state index is 3.54. The second-order valence-corrected chi connectivity index (χ2v) is 5.39. The molecule has 0 aromatic heterocycles. The van der Waals surface area contributed by atoms with Gasteiger partial charge in [0.25, 0.3) is 0 Å². The van der Waals surface area contributed by atoms with Gasteiger partial charge >= 0.3 is 0 Å². The van der Waals surface area contributed by atoms with Crippen LogP contribution in [0.5, 0.6) is 0 Å². The molecule has 1 aliphatic heterocycles. The van der Waals surface area contributed by atoms with Crippen LogP contribution in [0.4, 0.5) is 5.69 Å². The summed E-state index contributed by atoms with van der Waals surface area (Å²) in [7, 11) is 2.21. The van der Waals surface area contributed by atoms with Crippen LogP contribution >= 0.6 is 0 Å². The normalized spacial score (nSPS) is 22.1. The number of anilines is 1. The second-order valence-electron chi connectivity index (χ2n) is 5.39. The van der Waals surface area contributed by atoms with E-state index in [-0.39, 0.29) is 0 Å². The largest absolute Gasteiger partial charge is 0.384 e. The number of hydrogen-bond donors (Lipinski definition) is 1. The van der Waals surface area contributed by atoms with Crippen molar-refractivity contribution in [3.05, 3.63) is 29.8 Å². The van der Waals surface area contributed by atoms with Crippen LogP contribution in [0, 0.1) is 6.92 Å². The first-order chi connectivity index (χ1) is 8.66. The van der Waals surface area contributed by atoms with Crippen LogP contribution in [-0.2, 0) is 0 Å². The first-order valence-corrected chi connectivity index (χ1v) is 6.89. The lowest BCUT2D eigenvalue weighted by Crippen LogP contribution is -2.51. The second kappa shape index (κ2) is 6.21. The molecule has 1 fully saturated rings. The maximum Gasteiger partial charge on any atom is 0.0370 e. The number of rotatable bonds is 4. The van der Waals surface area contributed by atoms with E-state index in [1.807, 2.05) is 0 Å². The Kier molecular flexibility index (Phi) is 4.61. The SMILES string of the molecule is Cc1ccccc1NCCN1CCN(C)CC1C. The molecule has 2 rings (SSSR count). The van der Waals surface area contributed by atoms with Crippen LogP contribution in [0.25, 0.3) is 0 Å². The van der Waals surface area contributed by atoms with E-state index in [0.717, 1.165) is 13.1 Å². The number of aryl methyl sites for hydroxylation is 1. The highest BCUT2D eigenvalue weighted by Gasteiger charge is 2.20. The van der Waals surface area contributed by atoms with Crippen LogP contribution in [0.15, 0.2) is 24.3 Å². The molecule has 1 aromatic rings. The van der Waals surface area contributed by atoms with Crippen LogP contribution in [0.1, 0.15) is 12.5 Å². The monoisotopic (exact) mass is 247 g/mol. The summed E-state index contributed by atoms with van der Waals surface area (Å²) < 4.78 is 0. The minimum absolute atomic E-state index is 0.669. The van der Waals surface area contributed by atoms with Crippen molar-refractivity contribution >= 4 is 5.69 Å². The quantitative estimate of drug-likeness (QED) is 0.878. The summed E-state index contributed by atoms with van der Waals surface area (Å²) in [6.45, 7) is 10.2. The molecule has 0 amide bonds. The standard InChI is InChI=1S/C15H25N3/c1-13-6-4-5-7-15(13)16-8-9-18-11-10-17(3)12-14(18)2/h4-7,14,16H,8-12H2,1-3H3. The molecular formula is C15H25N3. The predicted octanol–water partition coefficient (Wildman–Crippen LogP) is 2.04. The van der Waals surface area contributed by atoms with Crippen LogP contribution in [0.3, 0.4) is 0 Å². The molecule has 1 aromatic carbocycles. The summed E-state index contributed by atoms with van der Waals surface area (Å²) in [6, 6.07) is 9.16. The van der Waals surface area contributed by atoms with E-state index < -0.39 is 0 Å². The molecule has 100 valence electrons. The third kappa shape index (κ3) is 3.47. The van der Waals surface area contributed by atoms with Gasteiger partial charge in [0.05, 0.1) is 0 Å². The van der Waals surface area contributed by atoms with Gasteiger partial charge in [-0.2, -0.15) is 0 Å². The van der Waals surface area contributed by atoms with Gasteiger partial charge < -0.3 is 10.2 Å². The van der Waals surface area contributed by atoms with E-state index in [4.69, 9.17) is 0 Å². The molecule has 1 heterocycles. The minimum atomic E-state index is 0.669. The molecule has 0 radical (unpaired) electrons. The average molecular weight is 247 g/mol. The smallest absolute Gasteiger partial charge is 0.0370 e. The van der Waals surface area contributed by atoms with Gasteiger partial charge in [-0.15, -0.1) is 0 Å². The fraction of sp³-hybridized carbons (Fsp3) is 0.600. The zero-order valence-corrected chi connectivity index (χ0v) is 11.8. The molecule has 0 aliphatic carbocycles. The van der Waals surface area contributed by atoms with Crippen molar-refractivity contribution in [2.45, 2.75) is 19.9 Å². The highest BCUT2D eigenvalue weighted by molar-refractivity contribution is 5.50. The van der Waals surface area contributed by atoms with Gasteiger partial charge in [-0.25, -0.2) is 0 Å². The summed E-state index contributed by atoms with van der Waals surface area (Å²) in [5.41, 5.74) is 2.59. The number of likely N-dealkylation sites (N-methyl/N-ethyl adjacent to an activating group) is 1. The van der Waals surface area contributed by atoms with Crippen LogP contribution in [-0.4, -0.2) is 55.6 Å². The number of hydrogen-bond acceptors (Lipinski definition) is 3. The van der Waals surface area contributed by atoms with E-state index in [1.54, 1.807) is 0 Å². The zero-order valence-electron chi connectivity index (χ0n) is 11.8. The third-order valence-corrected chi connectivity index (χ3v) is 3.83. The van der Waals surface area contributed by atoms with Gasteiger partial charge in [0.1, 0.15) is 0 Å². The fourth-order valence-electron chi connectivity index (χ4n) is 2.61. The molecule has 3 heteroatoms. The Morgan fingerprint density at radius 1 is 1.28 bits per heavy atom. The van der Waals surface area contributed by atoms with Gasteiger partial charge in [0, 0.05) is 44.5 Å². The molecule has 1 unspecified atom stereocenters. The van der Waals surface area contributed by atoms with Crippen molar-refractivity contribution in [3.63, 3.8) is 0 Å². The third-order valence-electron chi connectivity index (χ3n) is 3.83. The number of para-hydroxylation sites is 1. The van der Waals surface area contributed by atoms with Gasteiger partial charge in [-0.05, 0) is 32.5 Å². The molecule has 1 atom stereocenters. The number of piperazine rings is 1. The van der Waals surface area contributed by atoms with Crippen molar-refractivity contribution in [2.75, 3.05) is 45.1 Å². The average Bonchev–Trinajstić information content (AvgIpc) is 2.34. The summed E-state index contributed by atoms with van der Waals surface area (Å²) in [5.74, 6) is 0. The fourth-order valence-corrected chi connectivity index (χ4v) is 2.61. The molecule has 1 N–H and O–H groups in total. The van der Waals surface area contributed by atoms with Crippen molar-refractivity contribution in [3.8, 4) is 0 Å². The Morgan fingerprint density at radius 2 is 2.06 bits per heavy atom. The van der Waals surface area contributed by atoms with Gasteiger partial charge in [-0.1, -0.05) is 18.2 Å². The van der Waals surface area contributed by atoms with E-state index in [9.17, 15) is 0 Å². The Bertz CT molecular complexity index is 378. The highest BCUT2D eigenvalue weighted by atomic mass is 15.3. The van der Waals surface area contributed by atoms with E-state index >= 15 is 0 Å². The lowest BCUT2D eigenvalue weighted by molar-refractivity contribution is 0.104. The highest BCUT2D eigenvalue weighted by Crippen LogP contribution is 2.13. The molecule has 1 aliphatic rings. The van der Waals surface area contributed by atoms with Crippen molar-refractivity contribution in [1.29, 1.82) is 0 Å². The van der Waals surface area contributed by atoms with E-state index in [2.05, 4.69) is 60.3 Å². The Morgan fingerprint density at radius 3 is 2.78 bits per heavy atom. The summed E-state index contributed by atoms with van der Waals surface area (Å²) in [5, 5.41) is 3.54. The predicted molar refractivity (Wildman–Crippen MR) is 78.2 cm³/mol. The maximum absolute atomic E-state index is 3.54. The van der Waals surface area contributed by atoms with E-state index in [1.165, 1.54) is 30.9 Å². The van der Waals surface area contributed by atoms with Crippen molar-refractivity contribution < 1.29 is 0 Å². The number of benzene rings is 1. The molecule has 3 nitrogen and oxygen atoms in total. The van der Waals surface area contributed by atoms with Crippen molar-refractivity contribution in [2.24, 2.45) is 0 Å². The van der Waals surface area contributed by atoms with Crippen LogP contribution < -0.4 is 5.32 Å². The minimum Gasteiger partial charge on any atom is -0.384 e. The Balaban J connectivity index is 1.77. The van der Waals surface area contributed by atoms with Gasteiger partial charge in [-0.3, -0.25) is 4.90 Å². The van der Waals surface area contributed by atoms with Crippen molar-refractivity contribution in [1.82, 2.24) is 9.80 Å². The number of nitrogens with zero attached hydrogens (tertiary/aromatic N) is 2. The lowest BCUT2D eigenvalue weighted by atomic mass is 10.2. The number of nitrogens with one attached hydrogen (secondary N) is 1. The molecule has 18 heavy (non-hydrogen) atoms. The Labute approximate surface area is 111 Å². The lowest BCUT2D eigenvalue weighted by Gasteiger charge is -2.38. The summed E-state index contributed by atoms with van der Waals surface area (Å²) in [6.07, 6.45) is 0. The Hall–Kier alpha value is -1.06. The first kappa shape index (κ1) is 13.4. The van der Waals surface area contributed by atoms with Gasteiger partial charge in [0.2, 0.25) is 0 Å². The molecule has 0 saturated carbocycles. The topological polar surface area (TPSA) is 18.5 Å².